The summed E-state index contributed by atoms with van der Waals surface area (Å²) in [5, 5.41) is 38.3. The van der Waals surface area contributed by atoms with Crippen LogP contribution in [0, 0.1) is 7.40 Å². The van der Waals surface area contributed by atoms with E-state index in [0.29, 0.717) is 13.0 Å². The first-order valence-electron chi connectivity index (χ1n) is 13.7. The summed E-state index contributed by atoms with van der Waals surface area (Å²) in [7, 11) is 2.55. The first-order chi connectivity index (χ1) is 20.8. The Morgan fingerprint density at radius 1 is 0.977 bits per heavy atom. The van der Waals surface area contributed by atoms with Crippen LogP contribution in [-0.4, -0.2) is 126 Å². The molecule has 2 aliphatic rings. The summed E-state index contributed by atoms with van der Waals surface area (Å²) >= 11 is 4.46. The lowest BCUT2D eigenvalue weighted by molar-refractivity contribution is -0.338. The Hall–Kier alpha value is -1.43. The van der Waals surface area contributed by atoms with Crippen molar-refractivity contribution < 1.29 is 58.1 Å². The summed E-state index contributed by atoms with van der Waals surface area (Å²) in [5.41, 5.74) is 0.126. The number of nitrogens with zero attached hydrogens (tertiary/aromatic N) is 1. The summed E-state index contributed by atoms with van der Waals surface area (Å²) in [6.45, 7) is 6.71. The molecule has 0 aromatic carbocycles. The SMILES string of the molecule is C=C(C)C(=O)OCC1OC(OC)[C@@H](NC(C)=O)[C@@H](OC2OC(C(=O)NCCCn3c(I)ccc3I)[C@@H](OC)[C@H](O)[C@@H]2O)[C@@H]1O. The summed E-state index contributed by atoms with van der Waals surface area (Å²) < 4.78 is 37.6. The Morgan fingerprint density at radius 2 is 1.64 bits per heavy atom. The van der Waals surface area contributed by atoms with Crippen LogP contribution in [0.15, 0.2) is 24.3 Å². The van der Waals surface area contributed by atoms with Gasteiger partial charge in [-0.1, -0.05) is 6.58 Å². The van der Waals surface area contributed by atoms with E-state index in [2.05, 4.69) is 67.0 Å². The van der Waals surface area contributed by atoms with E-state index in [4.69, 9.17) is 28.4 Å². The van der Waals surface area contributed by atoms with Crippen molar-refractivity contribution in [2.45, 2.75) is 88.2 Å². The van der Waals surface area contributed by atoms with Gasteiger partial charge in [-0.25, -0.2) is 4.79 Å². The molecule has 0 spiro atoms. The second kappa shape index (κ2) is 16.9. The number of ether oxygens (including phenoxy) is 6. The van der Waals surface area contributed by atoms with E-state index in [1.807, 2.05) is 12.1 Å². The molecular weight excluding hydrogens is 812 g/mol. The molecule has 0 radical (unpaired) electrons. The van der Waals surface area contributed by atoms with Crippen molar-refractivity contribution in [1.29, 1.82) is 0 Å². The average Bonchev–Trinajstić information content (AvgIpc) is 3.30. The highest BCUT2D eigenvalue weighted by atomic mass is 127. The largest absolute Gasteiger partial charge is 0.459 e. The number of aliphatic hydroxyl groups is 3. The number of aliphatic hydroxyl groups excluding tert-OH is 3. The minimum absolute atomic E-state index is 0.126. The molecule has 17 heteroatoms. The maximum atomic E-state index is 13.2. The van der Waals surface area contributed by atoms with Gasteiger partial charge in [0.05, 0.1) is 7.40 Å². The molecule has 1 aromatic rings. The number of amides is 2. The number of hydrogen-bond donors (Lipinski definition) is 5. The Bertz CT molecular complexity index is 1150. The number of aromatic nitrogens is 1. The third-order valence-electron chi connectivity index (χ3n) is 7.10. The monoisotopic (exact) mass is 851 g/mol. The number of carbonyl (C=O) groups is 3. The van der Waals surface area contributed by atoms with E-state index in [1.165, 1.54) is 28.1 Å². The van der Waals surface area contributed by atoms with Gasteiger partial charge in [0.15, 0.2) is 18.7 Å². The van der Waals surface area contributed by atoms with Crippen molar-refractivity contribution in [3.8, 4) is 0 Å². The summed E-state index contributed by atoms with van der Waals surface area (Å²) in [6, 6.07) is 2.84. The van der Waals surface area contributed by atoms with Gasteiger partial charge >= 0.3 is 5.97 Å². The fourth-order valence-corrected chi connectivity index (χ4v) is 6.67. The standard InChI is InChI=1S/C27H39I2N3O12/c1-12(2)25(38)41-11-14-18(34)21(17(31-13(3)33)26(40-5)42-14)43-27-20(36)19(35)22(39-4)23(44-27)24(37)30-9-6-10-32-15(28)7-8-16(32)29/h7-8,14,17-23,26-27,34-36H,1,6,9-11H2,2-5H3,(H,30,37)(H,31,33)/t14?,17-,18+,19+,20-,21+,22-,23?,26?,27?/m0/s1. The van der Waals surface area contributed by atoms with E-state index in [-0.39, 0.29) is 12.1 Å². The Morgan fingerprint density at radius 3 is 2.20 bits per heavy atom. The molecule has 2 amide bonds. The van der Waals surface area contributed by atoms with E-state index in [1.54, 1.807) is 0 Å². The van der Waals surface area contributed by atoms with Gasteiger partial charge < -0.3 is 58.9 Å². The highest BCUT2D eigenvalue weighted by Crippen LogP contribution is 2.31. The number of carbonyl (C=O) groups excluding carboxylic acids is 3. The fraction of sp³-hybridized carbons (Fsp3) is 0.667. The molecule has 248 valence electrons. The zero-order valence-corrected chi connectivity index (χ0v) is 29.0. The molecule has 5 N–H and O–H groups in total. The Labute approximate surface area is 282 Å². The minimum Gasteiger partial charge on any atom is -0.459 e. The van der Waals surface area contributed by atoms with Crippen LogP contribution in [0.4, 0.5) is 0 Å². The van der Waals surface area contributed by atoms with Gasteiger partial charge in [-0.05, 0) is 70.7 Å². The zero-order valence-electron chi connectivity index (χ0n) is 24.7. The zero-order chi connectivity index (χ0) is 32.7. The maximum Gasteiger partial charge on any atom is 0.333 e. The molecule has 44 heavy (non-hydrogen) atoms. The summed E-state index contributed by atoms with van der Waals surface area (Å²) in [5.74, 6) is -1.85. The molecule has 3 rings (SSSR count). The van der Waals surface area contributed by atoms with Crippen LogP contribution in [0.3, 0.4) is 0 Å². The summed E-state index contributed by atoms with van der Waals surface area (Å²) in [4.78, 5) is 37.2. The number of esters is 1. The second-order valence-corrected chi connectivity index (χ2v) is 12.6. The maximum absolute atomic E-state index is 13.2. The smallest absolute Gasteiger partial charge is 0.333 e. The van der Waals surface area contributed by atoms with Gasteiger partial charge in [0.25, 0.3) is 5.91 Å². The highest BCUT2D eigenvalue weighted by Gasteiger charge is 2.53. The quantitative estimate of drug-likeness (QED) is 0.0734. The van der Waals surface area contributed by atoms with Gasteiger partial charge in [0.2, 0.25) is 5.91 Å². The molecule has 0 aliphatic carbocycles. The third kappa shape index (κ3) is 9.10. The van der Waals surface area contributed by atoms with Crippen LogP contribution in [0.25, 0.3) is 0 Å². The van der Waals surface area contributed by atoms with E-state index in [9.17, 15) is 29.7 Å². The molecule has 3 heterocycles. The number of halogens is 2. The molecule has 2 aliphatic heterocycles. The Balaban J connectivity index is 1.76. The van der Waals surface area contributed by atoms with Crippen molar-refractivity contribution in [1.82, 2.24) is 15.2 Å². The van der Waals surface area contributed by atoms with E-state index in [0.717, 1.165) is 7.40 Å². The first-order valence-corrected chi connectivity index (χ1v) is 15.9. The fourth-order valence-electron chi connectivity index (χ4n) is 4.85. The molecule has 2 saturated heterocycles. The highest BCUT2D eigenvalue weighted by molar-refractivity contribution is 14.1. The van der Waals surface area contributed by atoms with Crippen LogP contribution in [0.1, 0.15) is 20.3 Å². The van der Waals surface area contributed by atoms with Gasteiger partial charge in [-0.2, -0.15) is 0 Å². The van der Waals surface area contributed by atoms with E-state index >= 15 is 0 Å². The molecular formula is C27H39I2N3O12. The van der Waals surface area contributed by atoms with Gasteiger partial charge in [-0.3, -0.25) is 9.59 Å². The molecule has 2 fully saturated rings. The molecule has 10 atom stereocenters. The van der Waals surface area contributed by atoms with Crippen LogP contribution in [0.2, 0.25) is 0 Å². The van der Waals surface area contributed by atoms with Crippen molar-refractivity contribution in [3.05, 3.63) is 31.7 Å². The lowest BCUT2D eigenvalue weighted by atomic mass is 9.95. The number of methoxy groups -OCH3 is 2. The van der Waals surface area contributed by atoms with Gasteiger partial charge in [0, 0.05) is 39.8 Å². The number of hydrogen-bond acceptors (Lipinski definition) is 12. The van der Waals surface area contributed by atoms with Crippen molar-refractivity contribution in [2.75, 3.05) is 27.4 Å². The number of rotatable bonds is 13. The predicted octanol–water partition coefficient (Wildman–Crippen LogP) is -0.593. The van der Waals surface area contributed by atoms with Crippen LogP contribution >= 0.6 is 45.2 Å². The lowest BCUT2D eigenvalue weighted by Crippen LogP contribution is -2.68. The summed E-state index contributed by atoms with van der Waals surface area (Å²) in [6.07, 6.45) is -12.4. The van der Waals surface area contributed by atoms with Crippen molar-refractivity contribution in [2.24, 2.45) is 0 Å². The normalized spacial score (nSPS) is 32.1. The van der Waals surface area contributed by atoms with Crippen LogP contribution in [-0.2, 0) is 49.3 Å². The first kappa shape index (κ1) is 37.0. The van der Waals surface area contributed by atoms with Crippen molar-refractivity contribution in [3.63, 3.8) is 0 Å². The van der Waals surface area contributed by atoms with Crippen LogP contribution in [0.5, 0.6) is 0 Å². The Kier molecular flexibility index (Phi) is 14.2. The minimum atomic E-state index is -1.73. The van der Waals surface area contributed by atoms with Gasteiger partial charge in [0.1, 0.15) is 49.3 Å². The topological polar surface area (TPSA) is 196 Å². The molecule has 1 aromatic heterocycles. The molecule has 4 unspecified atom stereocenters. The molecule has 0 saturated carbocycles. The van der Waals surface area contributed by atoms with Gasteiger partial charge in [-0.15, -0.1) is 0 Å². The lowest BCUT2D eigenvalue weighted by Gasteiger charge is -2.47. The number of nitrogens with one attached hydrogen (secondary N) is 2. The van der Waals surface area contributed by atoms with Crippen LogP contribution < -0.4 is 10.6 Å². The molecule has 0 bridgehead atoms. The third-order valence-corrected chi connectivity index (χ3v) is 8.99. The predicted molar refractivity (Wildman–Crippen MR) is 169 cm³/mol. The van der Waals surface area contributed by atoms with Crippen molar-refractivity contribution >= 4 is 63.0 Å². The molecule has 15 nitrogen and oxygen atoms in total. The van der Waals surface area contributed by atoms with E-state index < -0.39 is 85.7 Å². The second-order valence-electron chi connectivity index (χ2n) is 10.4. The average molecular weight is 851 g/mol.